The van der Waals surface area contributed by atoms with E-state index in [1.165, 1.54) is 12.1 Å². The van der Waals surface area contributed by atoms with Crippen molar-refractivity contribution in [3.63, 3.8) is 0 Å². The molecule has 5 nitrogen and oxygen atoms in total. The van der Waals surface area contributed by atoms with Crippen LogP contribution < -0.4 is 4.90 Å². The van der Waals surface area contributed by atoms with Crippen molar-refractivity contribution in [3.05, 3.63) is 60.0 Å². The van der Waals surface area contributed by atoms with E-state index in [2.05, 4.69) is 19.9 Å². The zero-order chi connectivity index (χ0) is 16.8. The maximum atomic E-state index is 13.0. The van der Waals surface area contributed by atoms with E-state index in [1.807, 2.05) is 24.4 Å². The maximum Gasteiger partial charge on any atom is 0.128 e. The molecule has 2 aromatic rings. The summed E-state index contributed by atoms with van der Waals surface area (Å²) in [5.41, 5.74) is 1.34. The Hall–Kier alpha value is -2.47. The number of piperazine rings is 1. The van der Waals surface area contributed by atoms with Gasteiger partial charge in [0.1, 0.15) is 11.6 Å². The van der Waals surface area contributed by atoms with Gasteiger partial charge in [0.15, 0.2) is 0 Å². The summed E-state index contributed by atoms with van der Waals surface area (Å²) in [7, 11) is 0. The first-order chi connectivity index (χ1) is 11.8. The molecule has 1 aliphatic rings. The predicted molar refractivity (Wildman–Crippen MR) is 92.2 cm³/mol. The second-order valence-electron chi connectivity index (χ2n) is 5.82. The van der Waals surface area contributed by atoms with E-state index in [1.54, 1.807) is 12.1 Å². The normalized spacial score (nSPS) is 16.4. The molecule has 1 aromatic heterocycles. The van der Waals surface area contributed by atoms with Crippen molar-refractivity contribution in [2.45, 2.75) is 6.42 Å². The zero-order valence-corrected chi connectivity index (χ0v) is 13.5. The Morgan fingerprint density at radius 1 is 1.08 bits per heavy atom. The molecule has 0 unspecified atom stereocenters. The third-order valence-electron chi connectivity index (χ3n) is 4.31. The van der Waals surface area contributed by atoms with Gasteiger partial charge in [0.25, 0.3) is 0 Å². The third kappa shape index (κ3) is 4.08. The number of pyridine rings is 1. The average Bonchev–Trinajstić information content (AvgIpc) is 2.65. The van der Waals surface area contributed by atoms with E-state index in [0.717, 1.165) is 44.1 Å². The second kappa shape index (κ2) is 7.88. The van der Waals surface area contributed by atoms with Crippen LogP contribution in [0.15, 0.2) is 53.8 Å². The largest absolute Gasteiger partial charge is 0.411 e. The molecule has 0 radical (unpaired) electrons. The van der Waals surface area contributed by atoms with E-state index in [-0.39, 0.29) is 5.82 Å². The molecule has 3 rings (SSSR count). The molecule has 24 heavy (non-hydrogen) atoms. The van der Waals surface area contributed by atoms with Gasteiger partial charge in [-0.05, 0) is 29.8 Å². The first kappa shape index (κ1) is 16.4. The van der Waals surface area contributed by atoms with E-state index < -0.39 is 0 Å². The summed E-state index contributed by atoms with van der Waals surface area (Å²) in [6, 6.07) is 12.0. The number of hydrogen-bond donors (Lipinski definition) is 1. The quantitative estimate of drug-likeness (QED) is 0.521. The average molecular weight is 328 g/mol. The molecule has 1 aliphatic heterocycles. The topological polar surface area (TPSA) is 52.0 Å². The molecule has 0 spiro atoms. The fourth-order valence-corrected chi connectivity index (χ4v) is 2.90. The Labute approximate surface area is 141 Å². The lowest BCUT2D eigenvalue weighted by molar-refractivity contribution is 0.262. The van der Waals surface area contributed by atoms with Gasteiger partial charge in [-0.3, -0.25) is 4.90 Å². The van der Waals surface area contributed by atoms with Gasteiger partial charge in [-0.2, -0.15) is 0 Å². The van der Waals surface area contributed by atoms with E-state index in [9.17, 15) is 9.60 Å². The molecular formula is C18H21FN4O. The van der Waals surface area contributed by atoms with Crippen LogP contribution in [0.25, 0.3) is 0 Å². The molecule has 1 fully saturated rings. The Morgan fingerprint density at radius 2 is 1.83 bits per heavy atom. The summed E-state index contributed by atoms with van der Waals surface area (Å²) in [6.45, 7) is 4.56. The monoisotopic (exact) mass is 328 g/mol. The molecule has 0 saturated carbocycles. The zero-order valence-electron chi connectivity index (χ0n) is 13.5. The molecule has 2 heterocycles. The molecule has 0 aliphatic carbocycles. The molecule has 1 saturated heterocycles. The van der Waals surface area contributed by atoms with Crippen molar-refractivity contribution in [3.8, 4) is 0 Å². The van der Waals surface area contributed by atoms with Crippen LogP contribution >= 0.6 is 0 Å². The highest BCUT2D eigenvalue weighted by molar-refractivity contribution is 6.00. The first-order valence-corrected chi connectivity index (χ1v) is 8.11. The third-order valence-corrected chi connectivity index (χ3v) is 4.31. The number of hydrogen-bond acceptors (Lipinski definition) is 5. The molecule has 1 N–H and O–H groups in total. The number of nitrogens with zero attached hydrogens (tertiary/aromatic N) is 4. The number of benzene rings is 1. The second-order valence-corrected chi connectivity index (χ2v) is 5.82. The van der Waals surface area contributed by atoms with Crippen LogP contribution in [0.4, 0.5) is 10.2 Å². The van der Waals surface area contributed by atoms with Crippen LogP contribution in [0.5, 0.6) is 0 Å². The Balaban J connectivity index is 1.50. The van der Waals surface area contributed by atoms with Crippen molar-refractivity contribution >= 4 is 11.5 Å². The van der Waals surface area contributed by atoms with Crippen molar-refractivity contribution < 1.29 is 9.60 Å². The minimum Gasteiger partial charge on any atom is -0.411 e. The molecule has 0 amide bonds. The number of aromatic nitrogens is 1. The van der Waals surface area contributed by atoms with Gasteiger partial charge in [-0.15, -0.1) is 0 Å². The van der Waals surface area contributed by atoms with Crippen molar-refractivity contribution in [2.75, 3.05) is 37.6 Å². The van der Waals surface area contributed by atoms with Crippen molar-refractivity contribution in [1.29, 1.82) is 0 Å². The molecular weight excluding hydrogens is 307 g/mol. The number of anilines is 1. The van der Waals surface area contributed by atoms with Gasteiger partial charge in [0.05, 0.1) is 5.71 Å². The van der Waals surface area contributed by atoms with Gasteiger partial charge in [0, 0.05) is 45.3 Å². The Kier molecular flexibility index (Phi) is 5.38. The van der Waals surface area contributed by atoms with E-state index in [4.69, 9.17) is 0 Å². The molecule has 0 bridgehead atoms. The van der Waals surface area contributed by atoms with Crippen LogP contribution in [0.2, 0.25) is 0 Å². The van der Waals surface area contributed by atoms with Crippen molar-refractivity contribution in [2.24, 2.45) is 5.16 Å². The van der Waals surface area contributed by atoms with Gasteiger partial charge >= 0.3 is 0 Å². The minimum absolute atomic E-state index is 0.290. The van der Waals surface area contributed by atoms with Crippen LogP contribution in [-0.4, -0.2) is 53.5 Å². The summed E-state index contributed by atoms with van der Waals surface area (Å²) in [5.74, 6) is 0.725. The van der Waals surface area contributed by atoms with Gasteiger partial charge in [0.2, 0.25) is 0 Å². The van der Waals surface area contributed by atoms with Gasteiger partial charge in [-0.1, -0.05) is 23.4 Å². The van der Waals surface area contributed by atoms with Crippen LogP contribution in [-0.2, 0) is 0 Å². The Bertz CT molecular complexity index is 667. The number of oxime groups is 1. The molecule has 6 heteroatoms. The van der Waals surface area contributed by atoms with Gasteiger partial charge in [-0.25, -0.2) is 9.37 Å². The summed E-state index contributed by atoms with van der Waals surface area (Å²) < 4.78 is 13.0. The highest BCUT2D eigenvalue weighted by Crippen LogP contribution is 2.13. The van der Waals surface area contributed by atoms with Crippen molar-refractivity contribution in [1.82, 2.24) is 9.88 Å². The fraction of sp³-hybridized carbons (Fsp3) is 0.333. The lowest BCUT2D eigenvalue weighted by Crippen LogP contribution is -2.47. The maximum absolute atomic E-state index is 13.0. The van der Waals surface area contributed by atoms with Crippen LogP contribution in [0, 0.1) is 5.82 Å². The molecule has 126 valence electrons. The molecule has 0 atom stereocenters. The van der Waals surface area contributed by atoms with Gasteiger partial charge < -0.3 is 10.1 Å². The smallest absolute Gasteiger partial charge is 0.128 e. The Morgan fingerprint density at radius 3 is 2.46 bits per heavy atom. The summed E-state index contributed by atoms with van der Waals surface area (Å²) >= 11 is 0. The first-order valence-electron chi connectivity index (χ1n) is 8.11. The number of halogens is 1. The van der Waals surface area contributed by atoms with Crippen LogP contribution in [0.1, 0.15) is 12.0 Å². The van der Waals surface area contributed by atoms with E-state index in [0.29, 0.717) is 12.1 Å². The highest BCUT2D eigenvalue weighted by atomic mass is 19.1. The van der Waals surface area contributed by atoms with Crippen LogP contribution in [0.3, 0.4) is 0 Å². The predicted octanol–water partition coefficient (Wildman–Crippen LogP) is 2.61. The summed E-state index contributed by atoms with van der Waals surface area (Å²) in [5, 5.41) is 12.6. The summed E-state index contributed by atoms with van der Waals surface area (Å²) in [4.78, 5) is 9.00. The minimum atomic E-state index is -0.290. The summed E-state index contributed by atoms with van der Waals surface area (Å²) in [6.07, 6.45) is 2.44. The highest BCUT2D eigenvalue weighted by Gasteiger charge is 2.18. The van der Waals surface area contributed by atoms with E-state index >= 15 is 0 Å². The number of rotatable bonds is 5. The molecule has 1 aromatic carbocycles. The fourth-order valence-electron chi connectivity index (χ4n) is 2.90. The lowest BCUT2D eigenvalue weighted by atomic mass is 10.1. The SMILES string of the molecule is O/N=C(\CCN1CCN(c2ccccn2)CC1)c1ccc(F)cc1. The lowest BCUT2D eigenvalue weighted by Gasteiger charge is -2.35. The standard InChI is InChI=1S/C18H21FN4O/c19-16-6-4-15(5-7-16)17(21-24)8-10-22-11-13-23(14-12-22)18-3-1-2-9-20-18/h1-7,9,24H,8,10-14H2/b21-17+.